The number of nitrogens with one attached hydrogen (secondary N) is 1. The summed E-state index contributed by atoms with van der Waals surface area (Å²) in [5.74, 6) is 0. The highest BCUT2D eigenvalue weighted by atomic mass is 35.5. The predicted molar refractivity (Wildman–Crippen MR) is 66.5 cm³/mol. The van der Waals surface area contributed by atoms with Gasteiger partial charge in [0.1, 0.15) is 0 Å². The van der Waals surface area contributed by atoms with Gasteiger partial charge in [0.2, 0.25) is 0 Å². The maximum Gasteiger partial charge on any atom is 0.0509 e. The summed E-state index contributed by atoms with van der Waals surface area (Å²) >= 11 is 12.0. The second kappa shape index (κ2) is 4.71. The number of likely N-dealkylation sites (N-methyl/N-ethyl adjacent to an activating group) is 1. The van der Waals surface area contributed by atoms with E-state index in [0.29, 0.717) is 10.0 Å². The molecule has 0 radical (unpaired) electrons. The first-order chi connectivity index (χ1) is 6.86. The highest BCUT2D eigenvalue weighted by Gasteiger charge is 2.26. The molecule has 0 aliphatic heterocycles. The maximum absolute atomic E-state index is 6.13. The molecular weight excluding hydrogens is 231 g/mol. The number of rotatable bonds is 3. The van der Waals surface area contributed by atoms with Gasteiger partial charge >= 0.3 is 0 Å². The van der Waals surface area contributed by atoms with Crippen molar-refractivity contribution < 1.29 is 0 Å². The summed E-state index contributed by atoms with van der Waals surface area (Å²) in [5.41, 5.74) is 6.66. The first kappa shape index (κ1) is 12.8. The third kappa shape index (κ3) is 3.08. The van der Waals surface area contributed by atoms with Gasteiger partial charge in [-0.3, -0.25) is 0 Å². The van der Waals surface area contributed by atoms with E-state index in [-0.39, 0.29) is 11.6 Å². The molecule has 0 saturated heterocycles. The van der Waals surface area contributed by atoms with E-state index in [2.05, 4.69) is 5.32 Å². The summed E-state index contributed by atoms with van der Waals surface area (Å²) in [4.78, 5) is 0. The molecule has 84 valence electrons. The summed E-state index contributed by atoms with van der Waals surface area (Å²) in [6.07, 6.45) is 0. The van der Waals surface area contributed by atoms with Gasteiger partial charge in [0, 0.05) is 15.6 Å². The Morgan fingerprint density at radius 1 is 1.33 bits per heavy atom. The first-order valence-corrected chi connectivity index (χ1v) is 5.53. The minimum Gasteiger partial charge on any atom is -0.324 e. The van der Waals surface area contributed by atoms with Crippen molar-refractivity contribution in [3.8, 4) is 0 Å². The van der Waals surface area contributed by atoms with Gasteiger partial charge in [0.15, 0.2) is 0 Å². The summed E-state index contributed by atoms with van der Waals surface area (Å²) < 4.78 is 0. The van der Waals surface area contributed by atoms with Gasteiger partial charge in [-0.25, -0.2) is 0 Å². The molecule has 3 N–H and O–H groups in total. The van der Waals surface area contributed by atoms with Crippen LogP contribution in [-0.4, -0.2) is 12.6 Å². The van der Waals surface area contributed by atoms with Crippen LogP contribution in [0.3, 0.4) is 0 Å². The molecule has 0 amide bonds. The van der Waals surface area contributed by atoms with Crippen LogP contribution in [0.25, 0.3) is 0 Å². The lowest BCUT2D eigenvalue weighted by molar-refractivity contribution is 0.370. The molecule has 0 fully saturated rings. The van der Waals surface area contributed by atoms with Crippen molar-refractivity contribution in [3.05, 3.63) is 33.8 Å². The van der Waals surface area contributed by atoms with E-state index in [4.69, 9.17) is 28.9 Å². The molecule has 1 atom stereocenters. The molecule has 1 aromatic rings. The summed E-state index contributed by atoms with van der Waals surface area (Å²) in [6.45, 7) is 3.91. The number of benzene rings is 1. The van der Waals surface area contributed by atoms with Crippen molar-refractivity contribution in [2.24, 2.45) is 5.73 Å². The minimum atomic E-state index is -0.383. The summed E-state index contributed by atoms with van der Waals surface area (Å²) in [5, 5.41) is 4.44. The van der Waals surface area contributed by atoms with Crippen LogP contribution >= 0.6 is 23.2 Å². The van der Waals surface area contributed by atoms with Crippen LogP contribution in [0.1, 0.15) is 25.5 Å². The Morgan fingerprint density at radius 2 is 1.93 bits per heavy atom. The fourth-order valence-electron chi connectivity index (χ4n) is 1.66. The average Bonchev–Trinajstić information content (AvgIpc) is 2.07. The van der Waals surface area contributed by atoms with Gasteiger partial charge in [-0.15, -0.1) is 0 Å². The zero-order valence-corrected chi connectivity index (χ0v) is 10.7. The maximum atomic E-state index is 6.13. The fourth-order valence-corrected chi connectivity index (χ4v) is 2.18. The lowest BCUT2D eigenvalue weighted by Crippen LogP contribution is -2.45. The summed E-state index contributed by atoms with van der Waals surface area (Å²) in [7, 11) is 1.87. The highest BCUT2D eigenvalue weighted by Crippen LogP contribution is 2.30. The lowest BCUT2D eigenvalue weighted by atomic mass is 9.90. The fraction of sp³-hybridized carbons (Fsp3) is 0.455. The monoisotopic (exact) mass is 246 g/mol. The molecule has 1 aromatic carbocycles. The van der Waals surface area contributed by atoms with E-state index in [1.54, 1.807) is 6.07 Å². The standard InChI is InChI=1S/C11H16Cl2N2/c1-11(2,14)10(15-3)8-5-4-7(12)6-9(8)13/h4-6,10,15H,14H2,1-3H3. The molecule has 0 saturated carbocycles. The molecule has 0 heterocycles. The second-order valence-electron chi connectivity index (χ2n) is 4.21. The SMILES string of the molecule is CNC(c1ccc(Cl)cc1Cl)C(C)(C)N. The van der Waals surface area contributed by atoms with E-state index >= 15 is 0 Å². The van der Waals surface area contributed by atoms with Gasteiger partial charge < -0.3 is 11.1 Å². The van der Waals surface area contributed by atoms with Gasteiger partial charge in [0.05, 0.1) is 6.04 Å². The highest BCUT2D eigenvalue weighted by molar-refractivity contribution is 6.35. The molecule has 4 heteroatoms. The van der Waals surface area contributed by atoms with E-state index in [9.17, 15) is 0 Å². The van der Waals surface area contributed by atoms with Crippen LogP contribution in [0.4, 0.5) is 0 Å². The zero-order chi connectivity index (χ0) is 11.6. The number of hydrogen-bond donors (Lipinski definition) is 2. The van der Waals surface area contributed by atoms with Gasteiger partial charge in [0.25, 0.3) is 0 Å². The molecule has 1 rings (SSSR count). The van der Waals surface area contributed by atoms with Crippen molar-refractivity contribution in [2.45, 2.75) is 25.4 Å². The number of hydrogen-bond acceptors (Lipinski definition) is 2. The van der Waals surface area contributed by atoms with Crippen molar-refractivity contribution in [3.63, 3.8) is 0 Å². The van der Waals surface area contributed by atoms with Gasteiger partial charge in [-0.2, -0.15) is 0 Å². The topological polar surface area (TPSA) is 38.0 Å². The van der Waals surface area contributed by atoms with Crippen LogP contribution < -0.4 is 11.1 Å². The van der Waals surface area contributed by atoms with Crippen molar-refractivity contribution in [1.29, 1.82) is 0 Å². The van der Waals surface area contributed by atoms with Gasteiger partial charge in [-0.1, -0.05) is 29.3 Å². The first-order valence-electron chi connectivity index (χ1n) is 4.77. The molecule has 1 unspecified atom stereocenters. The molecule has 0 aliphatic rings. The Bertz CT molecular complexity index is 345. The average molecular weight is 247 g/mol. The van der Waals surface area contributed by atoms with Crippen LogP contribution in [0.2, 0.25) is 10.0 Å². The largest absolute Gasteiger partial charge is 0.324 e. The molecule has 0 aromatic heterocycles. The molecule has 0 bridgehead atoms. The third-order valence-electron chi connectivity index (χ3n) is 2.31. The van der Waals surface area contributed by atoms with E-state index in [1.165, 1.54) is 0 Å². The molecule has 15 heavy (non-hydrogen) atoms. The van der Waals surface area contributed by atoms with Gasteiger partial charge in [-0.05, 0) is 38.6 Å². The Balaban J connectivity index is 3.13. The van der Waals surface area contributed by atoms with E-state index in [1.807, 2.05) is 33.0 Å². The van der Waals surface area contributed by atoms with Crippen molar-refractivity contribution in [2.75, 3.05) is 7.05 Å². The quantitative estimate of drug-likeness (QED) is 0.861. The number of halogens is 2. The third-order valence-corrected chi connectivity index (χ3v) is 2.87. The molecule has 0 spiro atoms. The normalized spacial score (nSPS) is 14.0. The lowest BCUT2D eigenvalue weighted by Gasteiger charge is -2.31. The van der Waals surface area contributed by atoms with E-state index < -0.39 is 0 Å². The van der Waals surface area contributed by atoms with Crippen LogP contribution in [-0.2, 0) is 0 Å². The predicted octanol–water partition coefficient (Wildman–Crippen LogP) is 2.99. The molecule has 2 nitrogen and oxygen atoms in total. The zero-order valence-electron chi connectivity index (χ0n) is 9.14. The van der Waals surface area contributed by atoms with Crippen LogP contribution in [0.5, 0.6) is 0 Å². The summed E-state index contributed by atoms with van der Waals surface area (Å²) in [6, 6.07) is 5.45. The second-order valence-corrected chi connectivity index (χ2v) is 5.05. The Morgan fingerprint density at radius 3 is 2.33 bits per heavy atom. The van der Waals surface area contributed by atoms with Crippen molar-refractivity contribution in [1.82, 2.24) is 5.32 Å². The number of nitrogens with two attached hydrogens (primary N) is 1. The Hall–Kier alpha value is -0.280. The van der Waals surface area contributed by atoms with Crippen LogP contribution in [0.15, 0.2) is 18.2 Å². The van der Waals surface area contributed by atoms with E-state index in [0.717, 1.165) is 5.56 Å². The molecular formula is C11H16Cl2N2. The Kier molecular flexibility index (Phi) is 4.01. The minimum absolute atomic E-state index is 0.00210. The smallest absolute Gasteiger partial charge is 0.0509 e. The van der Waals surface area contributed by atoms with Crippen LogP contribution in [0, 0.1) is 0 Å². The van der Waals surface area contributed by atoms with Crippen molar-refractivity contribution >= 4 is 23.2 Å². The molecule has 0 aliphatic carbocycles. The Labute approximate surface area is 101 Å².